The third-order valence-corrected chi connectivity index (χ3v) is 3.60. The lowest BCUT2D eigenvalue weighted by Gasteiger charge is -2.08. The summed E-state index contributed by atoms with van der Waals surface area (Å²) in [7, 11) is 0. The summed E-state index contributed by atoms with van der Waals surface area (Å²) in [5.41, 5.74) is 5.60. The molecule has 0 saturated carbocycles. The number of rotatable bonds is 3. The number of benzene rings is 2. The van der Waals surface area contributed by atoms with Crippen molar-refractivity contribution >= 4 is 11.6 Å². The van der Waals surface area contributed by atoms with E-state index in [2.05, 4.69) is 42.4 Å². The third-order valence-electron chi connectivity index (χ3n) is 3.32. The van der Waals surface area contributed by atoms with Crippen LogP contribution in [0.4, 0.5) is 0 Å². The van der Waals surface area contributed by atoms with Gasteiger partial charge in [0.2, 0.25) is 0 Å². The van der Waals surface area contributed by atoms with Crippen molar-refractivity contribution in [3.8, 4) is 16.8 Å². The smallest absolute Gasteiger partial charge is 0.0690 e. The van der Waals surface area contributed by atoms with Gasteiger partial charge in [0, 0.05) is 17.6 Å². The number of alkyl halides is 1. The molecular weight excluding hydrogens is 268 g/mol. The molecule has 0 unspecified atom stereocenters. The Hall–Kier alpha value is -2.06. The van der Waals surface area contributed by atoms with Crippen molar-refractivity contribution in [1.29, 1.82) is 0 Å². The van der Waals surface area contributed by atoms with Crippen molar-refractivity contribution in [1.82, 2.24) is 9.78 Å². The molecule has 0 aliphatic rings. The van der Waals surface area contributed by atoms with Gasteiger partial charge in [-0.05, 0) is 24.1 Å². The molecule has 100 valence electrons. The summed E-state index contributed by atoms with van der Waals surface area (Å²) in [6.07, 6.45) is 3.92. The van der Waals surface area contributed by atoms with Crippen molar-refractivity contribution in [2.24, 2.45) is 0 Å². The Morgan fingerprint density at radius 3 is 2.60 bits per heavy atom. The molecule has 0 amide bonds. The lowest BCUT2D eigenvalue weighted by molar-refractivity contribution is 0.870. The molecule has 1 heterocycles. The molecule has 2 aromatic carbocycles. The quantitative estimate of drug-likeness (QED) is 0.643. The standard InChI is InChI=1S/C17H15ClN2/c1-13-7-8-17(15(9-13)10-18)20-12-16(11-19-20)14-5-3-2-4-6-14/h2-9,11-12H,10H2,1H3. The maximum atomic E-state index is 6.04. The van der Waals surface area contributed by atoms with E-state index < -0.39 is 0 Å². The van der Waals surface area contributed by atoms with E-state index in [-0.39, 0.29) is 0 Å². The van der Waals surface area contributed by atoms with E-state index in [1.807, 2.05) is 35.3 Å². The van der Waals surface area contributed by atoms with Crippen LogP contribution in [0.25, 0.3) is 16.8 Å². The summed E-state index contributed by atoms with van der Waals surface area (Å²) in [6, 6.07) is 16.5. The lowest BCUT2D eigenvalue weighted by atomic mass is 10.1. The number of hydrogen-bond acceptors (Lipinski definition) is 1. The average molecular weight is 283 g/mol. The predicted molar refractivity (Wildman–Crippen MR) is 83.3 cm³/mol. The monoisotopic (exact) mass is 282 g/mol. The minimum atomic E-state index is 0.484. The zero-order chi connectivity index (χ0) is 13.9. The zero-order valence-electron chi connectivity index (χ0n) is 11.3. The second kappa shape index (κ2) is 5.51. The van der Waals surface area contributed by atoms with E-state index in [1.54, 1.807) is 0 Å². The minimum Gasteiger partial charge on any atom is -0.240 e. The van der Waals surface area contributed by atoms with E-state index in [9.17, 15) is 0 Å². The fraction of sp³-hybridized carbons (Fsp3) is 0.118. The molecule has 0 aliphatic carbocycles. The number of aromatic nitrogens is 2. The molecule has 2 nitrogen and oxygen atoms in total. The number of halogens is 1. The van der Waals surface area contributed by atoms with Crippen molar-refractivity contribution in [2.45, 2.75) is 12.8 Å². The first-order chi connectivity index (χ1) is 9.78. The molecule has 20 heavy (non-hydrogen) atoms. The lowest BCUT2D eigenvalue weighted by Crippen LogP contribution is -1.99. The van der Waals surface area contributed by atoms with Gasteiger partial charge in [0.05, 0.1) is 11.9 Å². The maximum absolute atomic E-state index is 6.04. The van der Waals surface area contributed by atoms with Crippen LogP contribution in [0.15, 0.2) is 60.9 Å². The molecule has 3 heteroatoms. The number of nitrogens with zero attached hydrogens (tertiary/aromatic N) is 2. The first-order valence-corrected chi connectivity index (χ1v) is 7.07. The Balaban J connectivity index is 2.02. The van der Waals surface area contributed by atoms with Gasteiger partial charge in [-0.1, -0.05) is 48.0 Å². The second-order valence-electron chi connectivity index (χ2n) is 4.81. The normalized spacial score (nSPS) is 10.7. The molecule has 0 spiro atoms. The highest BCUT2D eigenvalue weighted by molar-refractivity contribution is 6.17. The largest absolute Gasteiger partial charge is 0.240 e. The maximum Gasteiger partial charge on any atom is 0.0690 e. The van der Waals surface area contributed by atoms with Crippen molar-refractivity contribution in [2.75, 3.05) is 0 Å². The second-order valence-corrected chi connectivity index (χ2v) is 5.07. The van der Waals surface area contributed by atoms with Crippen LogP contribution in [-0.4, -0.2) is 9.78 Å². The van der Waals surface area contributed by atoms with Crippen LogP contribution in [-0.2, 0) is 5.88 Å². The molecule has 1 aromatic heterocycles. The number of hydrogen-bond donors (Lipinski definition) is 0. The highest BCUT2D eigenvalue weighted by Crippen LogP contribution is 2.22. The molecular formula is C17H15ClN2. The van der Waals surface area contributed by atoms with Crippen LogP contribution in [0.5, 0.6) is 0 Å². The Morgan fingerprint density at radius 1 is 1.05 bits per heavy atom. The van der Waals surface area contributed by atoms with Gasteiger partial charge in [-0.2, -0.15) is 5.10 Å². The fourth-order valence-corrected chi connectivity index (χ4v) is 2.49. The molecule has 0 aliphatic heterocycles. The van der Waals surface area contributed by atoms with Crippen LogP contribution in [0.2, 0.25) is 0 Å². The summed E-state index contributed by atoms with van der Waals surface area (Å²) < 4.78 is 1.89. The zero-order valence-corrected chi connectivity index (χ0v) is 12.0. The summed E-state index contributed by atoms with van der Waals surface area (Å²) in [5, 5.41) is 4.46. The summed E-state index contributed by atoms with van der Waals surface area (Å²) in [5.74, 6) is 0.484. The van der Waals surface area contributed by atoms with Gasteiger partial charge in [0.25, 0.3) is 0 Å². The molecule has 0 N–H and O–H groups in total. The van der Waals surface area contributed by atoms with Gasteiger partial charge < -0.3 is 0 Å². The first kappa shape index (κ1) is 12.9. The Labute approximate surface area is 123 Å². The molecule has 0 atom stereocenters. The van der Waals surface area contributed by atoms with Gasteiger partial charge in [-0.25, -0.2) is 4.68 Å². The van der Waals surface area contributed by atoms with Crippen molar-refractivity contribution in [3.63, 3.8) is 0 Å². The van der Waals surface area contributed by atoms with Gasteiger partial charge in [-0.3, -0.25) is 0 Å². The molecule has 3 rings (SSSR count). The third kappa shape index (κ3) is 2.47. The predicted octanol–water partition coefficient (Wildman–Crippen LogP) is 4.59. The molecule has 0 saturated heterocycles. The Morgan fingerprint density at radius 2 is 1.85 bits per heavy atom. The average Bonchev–Trinajstić information content (AvgIpc) is 2.97. The van der Waals surface area contributed by atoms with E-state index in [1.165, 1.54) is 11.1 Å². The van der Waals surface area contributed by atoms with E-state index >= 15 is 0 Å². The molecule has 3 aromatic rings. The molecule has 0 bridgehead atoms. The van der Waals surface area contributed by atoms with E-state index in [0.29, 0.717) is 5.88 Å². The molecule has 0 fully saturated rings. The van der Waals surface area contributed by atoms with Gasteiger partial charge in [-0.15, -0.1) is 11.6 Å². The van der Waals surface area contributed by atoms with Gasteiger partial charge in [0.15, 0.2) is 0 Å². The van der Waals surface area contributed by atoms with Gasteiger partial charge >= 0.3 is 0 Å². The van der Waals surface area contributed by atoms with Crippen LogP contribution in [0.3, 0.4) is 0 Å². The van der Waals surface area contributed by atoms with Crippen LogP contribution < -0.4 is 0 Å². The summed E-state index contributed by atoms with van der Waals surface area (Å²) in [6.45, 7) is 2.07. The SMILES string of the molecule is Cc1ccc(-n2cc(-c3ccccc3)cn2)c(CCl)c1. The van der Waals surface area contributed by atoms with Crippen LogP contribution in [0.1, 0.15) is 11.1 Å². The van der Waals surface area contributed by atoms with Gasteiger partial charge in [0.1, 0.15) is 0 Å². The van der Waals surface area contributed by atoms with Crippen molar-refractivity contribution < 1.29 is 0 Å². The van der Waals surface area contributed by atoms with E-state index in [4.69, 9.17) is 11.6 Å². The number of aryl methyl sites for hydroxylation is 1. The first-order valence-electron chi connectivity index (χ1n) is 6.54. The summed E-state index contributed by atoms with van der Waals surface area (Å²) in [4.78, 5) is 0. The highest BCUT2D eigenvalue weighted by atomic mass is 35.5. The minimum absolute atomic E-state index is 0.484. The van der Waals surface area contributed by atoms with Crippen LogP contribution in [0, 0.1) is 6.92 Å². The topological polar surface area (TPSA) is 17.8 Å². The Kier molecular flexibility index (Phi) is 3.57. The molecule has 0 radical (unpaired) electrons. The Bertz CT molecular complexity index is 717. The van der Waals surface area contributed by atoms with Crippen molar-refractivity contribution in [3.05, 3.63) is 72.1 Å². The summed E-state index contributed by atoms with van der Waals surface area (Å²) >= 11 is 6.04. The fourth-order valence-electron chi connectivity index (χ4n) is 2.28. The highest BCUT2D eigenvalue weighted by Gasteiger charge is 2.07. The van der Waals surface area contributed by atoms with Crippen LogP contribution >= 0.6 is 11.6 Å². The van der Waals surface area contributed by atoms with E-state index in [0.717, 1.165) is 16.8 Å².